The van der Waals surface area contributed by atoms with Crippen molar-refractivity contribution < 1.29 is 8.42 Å². The molecule has 1 saturated carbocycles. The van der Waals surface area contributed by atoms with Gasteiger partial charge in [-0.15, -0.1) is 10.2 Å². The van der Waals surface area contributed by atoms with Crippen molar-refractivity contribution in [3.05, 3.63) is 5.82 Å². The van der Waals surface area contributed by atoms with Crippen LogP contribution in [-0.4, -0.2) is 23.2 Å². The van der Waals surface area contributed by atoms with Crippen molar-refractivity contribution in [3.63, 3.8) is 0 Å². The predicted octanol–water partition coefficient (Wildman–Crippen LogP) is 2.38. The summed E-state index contributed by atoms with van der Waals surface area (Å²) in [4.78, 5) is 0. The SMILES string of the molecule is CCn1c(C2C(C)(C)C2(C)C)nnc1S(=O)(=O)Cl. The monoisotopic (exact) mass is 291 g/mol. The lowest BCUT2D eigenvalue weighted by Gasteiger charge is -2.06. The predicted molar refractivity (Wildman–Crippen MR) is 69.0 cm³/mol. The van der Waals surface area contributed by atoms with Crippen molar-refractivity contribution >= 4 is 19.7 Å². The van der Waals surface area contributed by atoms with Gasteiger partial charge in [0, 0.05) is 23.1 Å². The van der Waals surface area contributed by atoms with E-state index in [9.17, 15) is 8.42 Å². The second-order valence-electron chi connectivity index (χ2n) is 5.90. The van der Waals surface area contributed by atoms with Gasteiger partial charge in [-0.3, -0.25) is 0 Å². The summed E-state index contributed by atoms with van der Waals surface area (Å²) >= 11 is 0. The van der Waals surface area contributed by atoms with E-state index in [1.807, 2.05) is 6.92 Å². The maximum absolute atomic E-state index is 11.4. The largest absolute Gasteiger partial charge is 0.301 e. The Balaban J connectivity index is 2.54. The van der Waals surface area contributed by atoms with Crippen molar-refractivity contribution in [1.82, 2.24) is 14.8 Å². The maximum atomic E-state index is 11.4. The Morgan fingerprint density at radius 2 is 1.72 bits per heavy atom. The Hall–Kier alpha value is -0.620. The third-order valence-corrected chi connectivity index (χ3v) is 5.71. The second-order valence-corrected chi connectivity index (χ2v) is 8.36. The molecule has 7 heteroatoms. The van der Waals surface area contributed by atoms with Crippen LogP contribution >= 0.6 is 10.7 Å². The fraction of sp³-hybridized carbons (Fsp3) is 0.818. The van der Waals surface area contributed by atoms with E-state index in [0.29, 0.717) is 12.4 Å². The number of nitrogens with zero attached hydrogens (tertiary/aromatic N) is 3. The van der Waals surface area contributed by atoms with Crippen molar-refractivity contribution in [3.8, 4) is 0 Å². The summed E-state index contributed by atoms with van der Waals surface area (Å²) in [5, 5.41) is 7.65. The van der Waals surface area contributed by atoms with Gasteiger partial charge in [0.1, 0.15) is 5.82 Å². The first kappa shape index (κ1) is 13.8. The zero-order valence-electron chi connectivity index (χ0n) is 11.2. The van der Waals surface area contributed by atoms with Gasteiger partial charge in [0.15, 0.2) is 0 Å². The summed E-state index contributed by atoms with van der Waals surface area (Å²) in [7, 11) is 1.53. The van der Waals surface area contributed by atoms with Crippen LogP contribution < -0.4 is 0 Å². The standard InChI is InChI=1S/C11H18ClN3O2S/c1-6-15-8(7-10(2,3)11(7,4)5)13-14-9(15)18(12,16)17/h7H,6H2,1-5H3. The first-order valence-electron chi connectivity index (χ1n) is 5.93. The van der Waals surface area contributed by atoms with E-state index in [2.05, 4.69) is 37.9 Å². The minimum atomic E-state index is -3.84. The van der Waals surface area contributed by atoms with E-state index >= 15 is 0 Å². The van der Waals surface area contributed by atoms with Crippen molar-refractivity contribution in [2.24, 2.45) is 10.8 Å². The van der Waals surface area contributed by atoms with Crippen LogP contribution in [0.2, 0.25) is 0 Å². The molecule has 5 nitrogen and oxygen atoms in total. The molecule has 0 atom stereocenters. The van der Waals surface area contributed by atoms with Gasteiger partial charge in [-0.2, -0.15) is 0 Å². The lowest BCUT2D eigenvalue weighted by Crippen LogP contribution is -2.09. The van der Waals surface area contributed by atoms with Crippen molar-refractivity contribution in [2.45, 2.75) is 52.2 Å². The fourth-order valence-electron chi connectivity index (χ4n) is 2.83. The molecule has 0 spiro atoms. The molecule has 0 aliphatic heterocycles. The maximum Gasteiger partial charge on any atom is 0.296 e. The molecule has 0 aromatic carbocycles. The fourth-order valence-corrected chi connectivity index (χ4v) is 3.80. The average Bonchev–Trinajstić information content (AvgIpc) is 2.57. The Labute approximate surface area is 112 Å². The molecule has 0 saturated heterocycles. The molecule has 1 fully saturated rings. The quantitative estimate of drug-likeness (QED) is 0.802. The highest BCUT2D eigenvalue weighted by molar-refractivity contribution is 8.13. The van der Waals surface area contributed by atoms with Gasteiger partial charge in [0.05, 0.1) is 0 Å². The molecule has 0 unspecified atom stereocenters. The first-order valence-corrected chi connectivity index (χ1v) is 8.23. The van der Waals surface area contributed by atoms with Crippen molar-refractivity contribution in [1.29, 1.82) is 0 Å². The Kier molecular flexibility index (Phi) is 2.83. The van der Waals surface area contributed by atoms with E-state index < -0.39 is 9.05 Å². The van der Waals surface area contributed by atoms with Crippen LogP contribution in [0, 0.1) is 10.8 Å². The minimum absolute atomic E-state index is 0.0836. The summed E-state index contributed by atoms with van der Waals surface area (Å²) in [5.74, 6) is 0.913. The molecule has 0 bridgehead atoms. The van der Waals surface area contributed by atoms with Gasteiger partial charge < -0.3 is 4.57 Å². The number of hydrogen-bond acceptors (Lipinski definition) is 4. The van der Waals surface area contributed by atoms with Crippen LogP contribution in [0.3, 0.4) is 0 Å². The molecule has 0 amide bonds. The highest BCUT2D eigenvalue weighted by atomic mass is 35.7. The van der Waals surface area contributed by atoms with Crippen LogP contribution in [0.25, 0.3) is 0 Å². The van der Waals surface area contributed by atoms with Gasteiger partial charge in [-0.1, -0.05) is 27.7 Å². The van der Waals surface area contributed by atoms with Gasteiger partial charge in [-0.05, 0) is 17.8 Å². The number of hydrogen-bond donors (Lipinski definition) is 0. The Morgan fingerprint density at radius 1 is 1.22 bits per heavy atom. The normalized spacial score (nSPS) is 22.1. The molecule has 0 N–H and O–H groups in total. The Bertz CT molecular complexity index is 575. The second kappa shape index (κ2) is 3.70. The molecule has 1 aromatic heterocycles. The summed E-state index contributed by atoms with van der Waals surface area (Å²) in [5.41, 5.74) is 0.167. The number of rotatable bonds is 3. The van der Waals surface area contributed by atoms with E-state index in [-0.39, 0.29) is 21.9 Å². The molecule has 1 aromatic rings. The Morgan fingerprint density at radius 3 is 2.06 bits per heavy atom. The average molecular weight is 292 g/mol. The molecular weight excluding hydrogens is 274 g/mol. The van der Waals surface area contributed by atoms with E-state index in [4.69, 9.17) is 10.7 Å². The minimum Gasteiger partial charge on any atom is -0.301 e. The van der Waals surface area contributed by atoms with E-state index in [1.165, 1.54) is 0 Å². The molecule has 2 rings (SSSR count). The zero-order valence-corrected chi connectivity index (χ0v) is 12.8. The van der Waals surface area contributed by atoms with Crippen LogP contribution in [0.15, 0.2) is 5.16 Å². The van der Waals surface area contributed by atoms with E-state index in [1.54, 1.807) is 4.57 Å². The summed E-state index contributed by atoms with van der Waals surface area (Å²) < 4.78 is 24.5. The third-order valence-electron chi connectivity index (χ3n) is 4.56. The summed E-state index contributed by atoms with van der Waals surface area (Å²) in [6, 6.07) is 0. The van der Waals surface area contributed by atoms with Gasteiger partial charge >= 0.3 is 0 Å². The van der Waals surface area contributed by atoms with Gasteiger partial charge in [0.25, 0.3) is 14.2 Å². The molecule has 102 valence electrons. The lowest BCUT2D eigenvalue weighted by molar-refractivity contribution is 0.457. The molecular formula is C11H18ClN3O2S. The molecule has 18 heavy (non-hydrogen) atoms. The summed E-state index contributed by atoms with van der Waals surface area (Å²) in [6.07, 6.45) is 0. The van der Waals surface area contributed by atoms with Crippen LogP contribution in [0.5, 0.6) is 0 Å². The van der Waals surface area contributed by atoms with Crippen LogP contribution in [0.4, 0.5) is 0 Å². The molecule has 1 heterocycles. The van der Waals surface area contributed by atoms with Gasteiger partial charge in [0.2, 0.25) is 0 Å². The van der Waals surface area contributed by atoms with Crippen molar-refractivity contribution in [2.75, 3.05) is 0 Å². The number of aromatic nitrogens is 3. The molecule has 1 aliphatic carbocycles. The van der Waals surface area contributed by atoms with Gasteiger partial charge in [-0.25, -0.2) is 8.42 Å². The number of halogens is 1. The topological polar surface area (TPSA) is 64.8 Å². The highest BCUT2D eigenvalue weighted by Crippen LogP contribution is 2.73. The van der Waals surface area contributed by atoms with Crippen LogP contribution in [0.1, 0.15) is 46.4 Å². The highest BCUT2D eigenvalue weighted by Gasteiger charge is 2.67. The molecule has 1 aliphatic rings. The first-order chi connectivity index (χ1) is 8.05. The lowest BCUT2D eigenvalue weighted by atomic mass is 10.0. The van der Waals surface area contributed by atoms with Crippen LogP contribution in [-0.2, 0) is 15.6 Å². The smallest absolute Gasteiger partial charge is 0.296 e. The summed E-state index contributed by atoms with van der Waals surface area (Å²) in [6.45, 7) is 11.0. The molecule has 0 radical (unpaired) electrons. The van der Waals surface area contributed by atoms with E-state index in [0.717, 1.165) is 0 Å². The zero-order chi connectivity index (χ0) is 13.9. The third kappa shape index (κ3) is 1.69.